The number of sulfonamides is 1. The first-order chi connectivity index (χ1) is 9.85. The quantitative estimate of drug-likeness (QED) is 0.912. The molecule has 112 valence electrons. The fraction of sp³-hybridized carbons (Fsp3) is 0.200. The molecule has 0 bridgehead atoms. The van der Waals surface area contributed by atoms with Crippen molar-refractivity contribution in [3.05, 3.63) is 58.9 Å². The van der Waals surface area contributed by atoms with Gasteiger partial charge in [-0.3, -0.25) is 4.72 Å². The van der Waals surface area contributed by atoms with Crippen LogP contribution in [0.3, 0.4) is 0 Å². The van der Waals surface area contributed by atoms with Crippen molar-refractivity contribution in [3.8, 4) is 0 Å². The molecule has 0 aromatic heterocycles. The first-order valence-electron chi connectivity index (χ1n) is 6.42. The van der Waals surface area contributed by atoms with Crippen molar-refractivity contribution < 1.29 is 12.8 Å². The number of aryl methyl sites for hydroxylation is 1. The van der Waals surface area contributed by atoms with Crippen molar-refractivity contribution in [2.24, 2.45) is 5.73 Å². The topological polar surface area (TPSA) is 72.2 Å². The number of benzene rings is 2. The Balaban J connectivity index is 2.50. The van der Waals surface area contributed by atoms with E-state index in [1.165, 1.54) is 19.1 Å². The molecule has 0 fully saturated rings. The minimum Gasteiger partial charge on any atom is -0.326 e. The molecule has 0 aliphatic carbocycles. The van der Waals surface area contributed by atoms with Gasteiger partial charge in [-0.25, -0.2) is 12.8 Å². The zero-order valence-electron chi connectivity index (χ0n) is 11.9. The number of rotatable bonds is 4. The molecule has 0 amide bonds. The molecule has 0 spiro atoms. The van der Waals surface area contributed by atoms with Crippen LogP contribution >= 0.6 is 0 Å². The average molecular weight is 308 g/mol. The first-order valence-corrected chi connectivity index (χ1v) is 7.91. The van der Waals surface area contributed by atoms with Crippen LogP contribution in [0.1, 0.15) is 16.7 Å². The number of nitrogens with one attached hydrogen (secondary N) is 1. The number of hydrogen-bond acceptors (Lipinski definition) is 3. The molecule has 2 aromatic rings. The largest absolute Gasteiger partial charge is 0.326 e. The zero-order chi connectivity index (χ0) is 15.6. The third-order valence-corrected chi connectivity index (χ3v) is 4.76. The lowest BCUT2D eigenvalue weighted by atomic mass is 10.1. The predicted molar refractivity (Wildman–Crippen MR) is 81.0 cm³/mol. The SMILES string of the molecule is Cc1ccccc1NS(=O)(=O)c1cc(CN)cc(F)c1C. The Hall–Kier alpha value is -1.92. The molecule has 0 unspecified atom stereocenters. The molecule has 0 atom stereocenters. The normalized spacial score (nSPS) is 11.4. The molecule has 0 saturated carbocycles. The zero-order valence-corrected chi connectivity index (χ0v) is 12.7. The summed E-state index contributed by atoms with van der Waals surface area (Å²) in [7, 11) is -3.87. The van der Waals surface area contributed by atoms with Crippen LogP contribution < -0.4 is 10.5 Å². The lowest BCUT2D eigenvalue weighted by Crippen LogP contribution is -2.16. The molecule has 3 N–H and O–H groups in total. The number of nitrogens with two attached hydrogens (primary N) is 1. The molecule has 0 saturated heterocycles. The summed E-state index contributed by atoms with van der Waals surface area (Å²) in [5.41, 5.74) is 7.24. The third kappa shape index (κ3) is 3.22. The van der Waals surface area contributed by atoms with Crippen LogP contribution in [-0.4, -0.2) is 8.42 Å². The summed E-state index contributed by atoms with van der Waals surface area (Å²) in [6, 6.07) is 9.65. The Labute approximate surface area is 123 Å². The summed E-state index contributed by atoms with van der Waals surface area (Å²) < 4.78 is 41.3. The van der Waals surface area contributed by atoms with Crippen LogP contribution in [-0.2, 0) is 16.6 Å². The van der Waals surface area contributed by atoms with Crippen LogP contribution in [0.25, 0.3) is 0 Å². The monoisotopic (exact) mass is 308 g/mol. The first kappa shape index (κ1) is 15.5. The van der Waals surface area contributed by atoms with Gasteiger partial charge in [0.25, 0.3) is 10.0 Å². The summed E-state index contributed by atoms with van der Waals surface area (Å²) in [6.45, 7) is 3.30. The van der Waals surface area contributed by atoms with E-state index in [1.807, 2.05) is 6.07 Å². The van der Waals surface area contributed by atoms with E-state index in [0.717, 1.165) is 5.56 Å². The lowest BCUT2D eigenvalue weighted by Gasteiger charge is -2.13. The van der Waals surface area contributed by atoms with Gasteiger partial charge in [0.2, 0.25) is 0 Å². The van der Waals surface area contributed by atoms with Crippen molar-refractivity contribution in [3.63, 3.8) is 0 Å². The van der Waals surface area contributed by atoms with Gasteiger partial charge in [-0.15, -0.1) is 0 Å². The van der Waals surface area contributed by atoms with Crippen molar-refractivity contribution in [1.29, 1.82) is 0 Å². The Bertz CT molecular complexity index is 773. The number of anilines is 1. The Morgan fingerprint density at radius 2 is 1.86 bits per heavy atom. The van der Waals surface area contributed by atoms with Crippen molar-refractivity contribution in [2.75, 3.05) is 4.72 Å². The van der Waals surface area contributed by atoms with Crippen LogP contribution in [0.4, 0.5) is 10.1 Å². The van der Waals surface area contributed by atoms with Gasteiger partial charge in [0.15, 0.2) is 0 Å². The molecule has 0 aliphatic rings. The predicted octanol–water partition coefficient (Wildman–Crippen LogP) is 2.70. The number of halogens is 1. The van der Waals surface area contributed by atoms with E-state index in [0.29, 0.717) is 11.3 Å². The summed E-state index contributed by atoms with van der Waals surface area (Å²) in [5.74, 6) is -0.580. The fourth-order valence-electron chi connectivity index (χ4n) is 1.99. The van der Waals surface area contributed by atoms with Crippen molar-refractivity contribution in [2.45, 2.75) is 25.3 Å². The maximum atomic E-state index is 13.8. The second-order valence-corrected chi connectivity index (χ2v) is 6.48. The molecule has 0 aliphatic heterocycles. The van der Waals surface area contributed by atoms with Crippen molar-refractivity contribution in [1.82, 2.24) is 0 Å². The van der Waals surface area contributed by atoms with E-state index in [2.05, 4.69) is 4.72 Å². The molecule has 21 heavy (non-hydrogen) atoms. The fourth-order valence-corrected chi connectivity index (χ4v) is 3.43. The van der Waals surface area contributed by atoms with Crippen LogP contribution in [0.2, 0.25) is 0 Å². The molecular weight excluding hydrogens is 291 g/mol. The standard InChI is InChI=1S/C15H17FN2O2S/c1-10-5-3-4-6-14(10)18-21(19,20)15-8-12(9-17)7-13(16)11(15)2/h3-8,18H,9,17H2,1-2H3. The molecule has 0 radical (unpaired) electrons. The van der Waals surface area contributed by atoms with E-state index >= 15 is 0 Å². The highest BCUT2D eigenvalue weighted by Crippen LogP contribution is 2.24. The summed E-state index contributed by atoms with van der Waals surface area (Å²) in [6.07, 6.45) is 0. The van der Waals surface area contributed by atoms with E-state index < -0.39 is 15.8 Å². The van der Waals surface area contributed by atoms with Gasteiger partial charge in [0.1, 0.15) is 5.82 Å². The second kappa shape index (κ2) is 5.83. The third-order valence-electron chi connectivity index (χ3n) is 3.27. The second-order valence-electron chi connectivity index (χ2n) is 4.83. The molecule has 2 rings (SSSR count). The highest BCUT2D eigenvalue weighted by molar-refractivity contribution is 7.92. The molecule has 2 aromatic carbocycles. The minimum absolute atomic E-state index is 0.0735. The van der Waals surface area contributed by atoms with Gasteiger partial charge in [-0.05, 0) is 43.2 Å². The van der Waals surface area contributed by atoms with E-state index in [1.54, 1.807) is 25.1 Å². The average Bonchev–Trinajstić information content (AvgIpc) is 2.43. The van der Waals surface area contributed by atoms with Gasteiger partial charge < -0.3 is 5.73 Å². The Morgan fingerprint density at radius 3 is 2.48 bits per heavy atom. The Morgan fingerprint density at radius 1 is 1.19 bits per heavy atom. The van der Waals surface area contributed by atoms with Crippen LogP contribution in [0.5, 0.6) is 0 Å². The van der Waals surface area contributed by atoms with E-state index in [4.69, 9.17) is 5.73 Å². The van der Waals surface area contributed by atoms with Gasteiger partial charge in [-0.1, -0.05) is 18.2 Å². The van der Waals surface area contributed by atoms with Crippen molar-refractivity contribution >= 4 is 15.7 Å². The summed E-state index contributed by atoms with van der Waals surface area (Å²) >= 11 is 0. The smallest absolute Gasteiger partial charge is 0.262 e. The maximum absolute atomic E-state index is 13.8. The molecule has 6 heteroatoms. The summed E-state index contributed by atoms with van der Waals surface area (Å²) in [4.78, 5) is -0.0915. The van der Waals surface area contributed by atoms with Gasteiger partial charge in [-0.2, -0.15) is 0 Å². The lowest BCUT2D eigenvalue weighted by molar-refractivity contribution is 0.589. The number of hydrogen-bond donors (Lipinski definition) is 2. The maximum Gasteiger partial charge on any atom is 0.262 e. The summed E-state index contributed by atoms with van der Waals surface area (Å²) in [5, 5.41) is 0. The minimum atomic E-state index is -3.87. The van der Waals surface area contributed by atoms with E-state index in [-0.39, 0.29) is 17.0 Å². The molecule has 0 heterocycles. The number of para-hydroxylation sites is 1. The van der Waals surface area contributed by atoms with E-state index in [9.17, 15) is 12.8 Å². The molecular formula is C15H17FN2O2S. The van der Waals surface area contributed by atoms with Crippen LogP contribution in [0.15, 0.2) is 41.3 Å². The van der Waals surface area contributed by atoms with Gasteiger partial charge in [0.05, 0.1) is 10.6 Å². The Kier molecular flexibility index (Phi) is 4.29. The van der Waals surface area contributed by atoms with Gasteiger partial charge >= 0.3 is 0 Å². The highest BCUT2D eigenvalue weighted by Gasteiger charge is 2.20. The highest BCUT2D eigenvalue weighted by atomic mass is 32.2. The van der Waals surface area contributed by atoms with Gasteiger partial charge in [0, 0.05) is 12.1 Å². The molecule has 4 nitrogen and oxygen atoms in total. The van der Waals surface area contributed by atoms with Crippen LogP contribution in [0, 0.1) is 19.7 Å².